The van der Waals surface area contributed by atoms with Gasteiger partial charge >= 0.3 is 73.1 Å². The predicted molar refractivity (Wildman–Crippen MR) is 500 cm³/mol. The van der Waals surface area contributed by atoms with Gasteiger partial charge in [0.2, 0.25) is 0 Å². The minimum Gasteiger partial charge on any atom is -0.487 e. The van der Waals surface area contributed by atoms with Crippen LogP contribution in [0.25, 0.3) is 0 Å². The van der Waals surface area contributed by atoms with Gasteiger partial charge in [-0.3, -0.25) is 0 Å². The topological polar surface area (TPSA) is 724 Å². The van der Waals surface area contributed by atoms with Crippen molar-refractivity contribution in [2.75, 3.05) is 190 Å². The number of ether oxygens (including phenoxy) is 17. The highest BCUT2D eigenvalue weighted by molar-refractivity contribution is 5.76. The number of amides is 12. The molecule has 20 atom stereocenters. The van der Waals surface area contributed by atoms with Gasteiger partial charge in [-0.2, -0.15) is 0 Å². The number of nitrogens with zero attached hydrogens (tertiary/aromatic N) is 12. The normalized spacial score (nSPS) is 23.6. The Balaban J connectivity index is 0.975. The van der Waals surface area contributed by atoms with Gasteiger partial charge in [-0.25, -0.2) is 57.5 Å². The van der Waals surface area contributed by atoms with E-state index in [1.54, 1.807) is 53.7 Å². The molecule has 4 aliphatic heterocycles. The van der Waals surface area contributed by atoms with Crippen LogP contribution >= 0.6 is 0 Å². The second kappa shape index (κ2) is 56.5. The predicted octanol–water partition coefficient (Wildman–Crippen LogP) is -3.07. The van der Waals surface area contributed by atoms with Gasteiger partial charge in [0.1, 0.15) is 187 Å². The summed E-state index contributed by atoms with van der Waals surface area (Å²) in [7, 11) is 16.1. The molecule has 0 saturated carbocycles. The van der Waals surface area contributed by atoms with E-state index in [1.807, 2.05) is 0 Å². The van der Waals surface area contributed by atoms with Crippen LogP contribution in [0.3, 0.4) is 0 Å². The number of hydrogen-bond donors (Lipinski definition) is 16. The summed E-state index contributed by atoms with van der Waals surface area (Å²) in [5.41, 5.74) is 1.65. The monoisotopic (exact) mass is 2120 g/mol. The zero-order valence-corrected chi connectivity index (χ0v) is 85.4. The minimum absolute atomic E-state index is 0.0749. The molecule has 3 aromatic rings. The third-order valence-corrected chi connectivity index (χ3v) is 23.7. The maximum absolute atomic E-state index is 14.3. The summed E-state index contributed by atoms with van der Waals surface area (Å²) in [5, 5.41) is 160. The SMILES string of the molecule is Cc1cc(COC(=O)N(C)CCN(C)C(=O)OCC2OC(O)C(O)[C@@H](O)[C@@H]2O)c(OC(=O)N(C)CCN(C)C(=O)OCc2cc(C)cc(COC(=O)N(C)CCN(C)C(=O)Oc3c(COC(=O)N(C)CCN(C)C(=O)OCC4OC(O)C(O)[C@@H](O)[C@@H]4O)cc(C)cc3COC(=O)N(C)CCN(C)C(=O)OCC3OC(O)C(O)[C@@H](O)[C@@H]3O)c2OC(C)(C)C)c(COC(=O)N(C)CCN(C)C(=O)OCC2OC(O)C(O)[C@@H](O)[C@@H]2O)c1. The van der Waals surface area contributed by atoms with Crippen LogP contribution in [-0.2, 0) is 106 Å². The molecule has 7 rings (SSSR count). The van der Waals surface area contributed by atoms with Gasteiger partial charge in [-0.1, -0.05) is 16.7 Å². The van der Waals surface area contributed by atoms with E-state index in [0.29, 0.717) is 27.8 Å². The molecule has 16 N–H and O–H groups in total. The highest BCUT2D eigenvalue weighted by Gasteiger charge is 2.48. The van der Waals surface area contributed by atoms with Crippen LogP contribution in [-0.4, -0.2) is 532 Å². The molecule has 834 valence electrons. The maximum Gasteiger partial charge on any atom is 0.415 e. The summed E-state index contributed by atoms with van der Waals surface area (Å²) in [6.45, 7) is 2.33. The van der Waals surface area contributed by atoms with E-state index in [0.717, 1.165) is 58.8 Å². The molecule has 4 saturated heterocycles. The maximum atomic E-state index is 14.3. The molecular formula is C91H140N12O45. The van der Waals surface area contributed by atoms with E-state index < -0.39 is 268 Å². The van der Waals surface area contributed by atoms with Crippen LogP contribution in [0.2, 0.25) is 0 Å². The lowest BCUT2D eigenvalue weighted by Gasteiger charge is -2.38. The molecule has 57 nitrogen and oxygen atoms in total. The van der Waals surface area contributed by atoms with Gasteiger partial charge in [0, 0.05) is 196 Å². The van der Waals surface area contributed by atoms with Crippen molar-refractivity contribution in [2.24, 2.45) is 0 Å². The molecule has 4 heterocycles. The van der Waals surface area contributed by atoms with Crippen LogP contribution in [0.4, 0.5) is 57.5 Å². The first kappa shape index (κ1) is 123. The molecular weight excluding hydrogens is 1980 g/mol. The number of carbonyl (C=O) groups is 12. The van der Waals surface area contributed by atoms with Crippen molar-refractivity contribution < 1.29 is 220 Å². The van der Waals surface area contributed by atoms with Crippen molar-refractivity contribution in [1.29, 1.82) is 0 Å². The Morgan fingerprint density at radius 2 is 0.378 bits per heavy atom. The molecule has 0 aromatic heterocycles. The van der Waals surface area contributed by atoms with Crippen LogP contribution in [0.5, 0.6) is 17.2 Å². The van der Waals surface area contributed by atoms with E-state index in [9.17, 15) is 139 Å². The van der Waals surface area contributed by atoms with Crippen molar-refractivity contribution >= 4 is 73.1 Å². The zero-order chi connectivity index (χ0) is 111. The summed E-state index contributed by atoms with van der Waals surface area (Å²) >= 11 is 0. The first-order valence-electron chi connectivity index (χ1n) is 46.5. The number of carbonyl (C=O) groups excluding carboxylic acids is 12. The summed E-state index contributed by atoms with van der Waals surface area (Å²) in [5.74, 6) is -0.284. The summed E-state index contributed by atoms with van der Waals surface area (Å²) in [6.07, 6.45) is -46.2. The Labute approximate surface area is 851 Å². The third-order valence-electron chi connectivity index (χ3n) is 23.7. The van der Waals surface area contributed by atoms with Gasteiger partial charge in [0.25, 0.3) is 0 Å². The molecule has 0 bridgehead atoms. The molecule has 4 fully saturated rings. The van der Waals surface area contributed by atoms with Crippen LogP contribution in [0.15, 0.2) is 36.4 Å². The molecule has 57 heteroatoms. The molecule has 0 radical (unpaired) electrons. The summed E-state index contributed by atoms with van der Waals surface area (Å²) in [6, 6.07) is 9.42. The van der Waals surface area contributed by atoms with Gasteiger partial charge in [-0.15, -0.1) is 0 Å². The Bertz CT molecular complexity index is 4440. The Morgan fingerprint density at radius 1 is 0.230 bits per heavy atom. The highest BCUT2D eigenvalue weighted by atomic mass is 16.7. The molecule has 3 aromatic carbocycles. The average molecular weight is 2120 g/mol. The molecule has 0 spiro atoms. The van der Waals surface area contributed by atoms with E-state index in [4.69, 9.17) is 80.5 Å². The number of aryl methyl sites for hydroxylation is 3. The highest BCUT2D eigenvalue weighted by Crippen LogP contribution is 2.35. The van der Waals surface area contributed by atoms with E-state index >= 15 is 0 Å². The van der Waals surface area contributed by atoms with Crippen molar-refractivity contribution in [3.05, 3.63) is 86.5 Å². The van der Waals surface area contributed by atoms with Crippen LogP contribution < -0.4 is 14.2 Å². The molecule has 12 amide bonds. The number of aliphatic hydroxyl groups is 16. The molecule has 4 aliphatic rings. The van der Waals surface area contributed by atoms with E-state index in [1.165, 1.54) is 109 Å². The number of hydrogen-bond acceptors (Lipinski definition) is 45. The second-order valence-corrected chi connectivity index (χ2v) is 37.0. The lowest BCUT2D eigenvalue weighted by molar-refractivity contribution is -0.286. The number of aliphatic hydroxyl groups excluding tert-OH is 16. The van der Waals surface area contributed by atoms with Crippen LogP contribution in [0, 0.1) is 20.8 Å². The van der Waals surface area contributed by atoms with Gasteiger partial charge in [-0.05, 0) is 77.9 Å². The Kier molecular flexibility index (Phi) is 46.9. The first-order valence-corrected chi connectivity index (χ1v) is 46.5. The molecule has 12 unspecified atom stereocenters. The fraction of sp³-hybridized carbons (Fsp3) is 0.670. The summed E-state index contributed by atoms with van der Waals surface area (Å²) in [4.78, 5) is 176. The van der Waals surface area contributed by atoms with E-state index in [2.05, 4.69) is 0 Å². The lowest BCUT2D eigenvalue weighted by Crippen LogP contribution is -2.58. The first-order chi connectivity index (χ1) is 69.3. The second-order valence-electron chi connectivity index (χ2n) is 37.0. The number of likely N-dealkylation sites (N-methyl/N-ethyl adjacent to an activating group) is 12. The molecule has 0 aliphatic carbocycles. The lowest BCUT2D eigenvalue weighted by atomic mass is 9.99. The average Bonchev–Trinajstić information content (AvgIpc) is 0.810. The van der Waals surface area contributed by atoms with Crippen molar-refractivity contribution in [2.45, 2.75) is 210 Å². The summed E-state index contributed by atoms with van der Waals surface area (Å²) < 4.78 is 93.7. The van der Waals surface area contributed by atoms with Gasteiger partial charge in [0.05, 0.1) is 0 Å². The zero-order valence-electron chi connectivity index (χ0n) is 85.4. The Hall–Kier alpha value is -12.1. The third kappa shape index (κ3) is 35.8. The minimum atomic E-state index is -1.89. The fourth-order valence-corrected chi connectivity index (χ4v) is 14.2. The quantitative estimate of drug-likeness (QED) is 0.0251. The van der Waals surface area contributed by atoms with Crippen LogP contribution in [0.1, 0.15) is 70.8 Å². The molecule has 148 heavy (non-hydrogen) atoms. The van der Waals surface area contributed by atoms with Crippen molar-refractivity contribution in [3.63, 3.8) is 0 Å². The van der Waals surface area contributed by atoms with Gasteiger partial charge < -0.3 is 221 Å². The number of benzene rings is 3. The number of rotatable bonds is 41. The van der Waals surface area contributed by atoms with Crippen molar-refractivity contribution in [1.82, 2.24) is 58.8 Å². The van der Waals surface area contributed by atoms with Crippen molar-refractivity contribution in [3.8, 4) is 17.2 Å². The Morgan fingerprint density at radius 3 is 0.541 bits per heavy atom. The van der Waals surface area contributed by atoms with Gasteiger partial charge in [0.15, 0.2) is 25.2 Å². The fourth-order valence-electron chi connectivity index (χ4n) is 14.2. The van der Waals surface area contributed by atoms with E-state index in [-0.39, 0.29) is 118 Å². The standard InChI is InChI=1S/C91H140N12O45/c1-47-31-50(37-132-79(120)92(7)19-23-98(13)85(126)138-43-56-60(104)64(108)68(112)75(116)142-56)72(51(32-47)38-133-80(121)93(8)20-24-99(14)86(127)139-44-57-61(105)65(109)69(113)76(117)143-57)146-89(130)102(17)29-27-96(11)83(124)136-41-54-35-49(3)36-55(74(54)148-91(4,5)6)42-137-84(125)97(12)28-30-103(18)90(131)147-73-52(39-134-81(122)94(9)21-25-100(15)87(128)140-45-58-62(106)66(110)70(114)77(118)144-58)33-48(2)34-53(73)40-135-82(123)95(10)22-26-101(16)88(129)141-46-59-63(107)67(111)71(115)78(119)145-59/h31-36,56-71,75-78,104-119H,19-30,37-46H2,1-18H3/t56?,57?,58?,59?,60-,61-,62-,63-,64+,65+,66+,67+,68?,69?,70?,71?,75?,76?,77?,78?/m1/s1. The largest absolute Gasteiger partial charge is 0.487 e. The smallest absolute Gasteiger partial charge is 0.415 e.